The summed E-state index contributed by atoms with van der Waals surface area (Å²) < 4.78 is 36.9. The number of urea groups is 1. The molecule has 1 unspecified atom stereocenters. The van der Waals surface area contributed by atoms with Crippen LogP contribution in [0.5, 0.6) is 0 Å². The normalized spacial score (nSPS) is 20.2. The molecule has 19 heavy (non-hydrogen) atoms. The average molecular weight is 284 g/mol. The van der Waals surface area contributed by atoms with Crippen molar-refractivity contribution in [1.29, 1.82) is 0 Å². The zero-order valence-electron chi connectivity index (χ0n) is 10.1. The first-order valence-electron chi connectivity index (χ1n) is 5.69. The summed E-state index contributed by atoms with van der Waals surface area (Å²) in [5.74, 6) is -1.52. The fourth-order valence-electron chi connectivity index (χ4n) is 1.90. The van der Waals surface area contributed by atoms with E-state index in [0.717, 1.165) is 4.90 Å². The smallest absolute Gasteiger partial charge is 0.406 e. The maximum atomic E-state index is 12.3. The lowest BCUT2D eigenvalue weighted by atomic mass is 10.1. The molecule has 0 aromatic heterocycles. The molecular formula is C10H15F3N2O4. The molecular weight excluding hydrogens is 269 g/mol. The molecule has 1 rings (SSSR count). The number of halogens is 3. The number of alkyl halides is 3. The van der Waals surface area contributed by atoms with Gasteiger partial charge in [0, 0.05) is 13.1 Å². The number of aliphatic hydroxyl groups is 1. The van der Waals surface area contributed by atoms with Crippen LogP contribution in [0.1, 0.15) is 12.8 Å². The van der Waals surface area contributed by atoms with Crippen molar-refractivity contribution in [2.45, 2.75) is 25.1 Å². The van der Waals surface area contributed by atoms with E-state index in [9.17, 15) is 27.9 Å². The topological polar surface area (TPSA) is 81.1 Å². The van der Waals surface area contributed by atoms with Gasteiger partial charge in [-0.1, -0.05) is 0 Å². The standard InChI is InChI=1S/C10H15F3N2O4/c11-10(12,13)6-15(5-8(17)18)9(19)14-3-1-2-7(16)4-14/h7,16H,1-6H2,(H,17,18). The van der Waals surface area contributed by atoms with Gasteiger partial charge in [0.15, 0.2) is 0 Å². The number of carbonyl (C=O) groups excluding carboxylic acids is 1. The number of aliphatic carboxylic acids is 1. The third-order valence-electron chi connectivity index (χ3n) is 2.63. The quantitative estimate of drug-likeness (QED) is 0.791. The monoisotopic (exact) mass is 284 g/mol. The van der Waals surface area contributed by atoms with Crippen LogP contribution in [0.4, 0.5) is 18.0 Å². The molecule has 0 bridgehead atoms. The van der Waals surface area contributed by atoms with Gasteiger partial charge in [-0.3, -0.25) is 4.79 Å². The van der Waals surface area contributed by atoms with Crippen molar-refractivity contribution in [2.75, 3.05) is 26.2 Å². The number of amides is 2. The predicted molar refractivity (Wildman–Crippen MR) is 57.5 cm³/mol. The molecule has 0 spiro atoms. The van der Waals surface area contributed by atoms with Gasteiger partial charge in [0.2, 0.25) is 0 Å². The molecule has 0 saturated carbocycles. The van der Waals surface area contributed by atoms with E-state index in [1.807, 2.05) is 0 Å². The van der Waals surface area contributed by atoms with Crippen LogP contribution >= 0.6 is 0 Å². The molecule has 0 radical (unpaired) electrons. The van der Waals surface area contributed by atoms with Crippen molar-refractivity contribution >= 4 is 12.0 Å². The highest BCUT2D eigenvalue weighted by Crippen LogP contribution is 2.19. The minimum atomic E-state index is -4.67. The Morgan fingerprint density at radius 2 is 2.00 bits per heavy atom. The van der Waals surface area contributed by atoms with Gasteiger partial charge in [0.05, 0.1) is 6.10 Å². The molecule has 0 aromatic carbocycles. The molecule has 1 fully saturated rings. The third kappa shape index (κ3) is 5.33. The number of carboxylic acid groups (broad SMARTS) is 1. The van der Waals surface area contributed by atoms with E-state index < -0.39 is 37.4 Å². The maximum Gasteiger partial charge on any atom is 0.406 e. The van der Waals surface area contributed by atoms with Crippen molar-refractivity contribution < 1.29 is 33.0 Å². The Balaban J connectivity index is 2.72. The average Bonchev–Trinajstić information content (AvgIpc) is 2.24. The molecule has 1 aliphatic rings. The van der Waals surface area contributed by atoms with Crippen molar-refractivity contribution in [3.8, 4) is 0 Å². The number of piperidine rings is 1. The van der Waals surface area contributed by atoms with Gasteiger partial charge >= 0.3 is 18.2 Å². The summed E-state index contributed by atoms with van der Waals surface area (Å²) in [6.07, 6.45) is -4.50. The first-order chi connectivity index (χ1) is 8.69. The number of rotatable bonds is 3. The Bertz CT molecular complexity index is 348. The molecule has 1 saturated heterocycles. The lowest BCUT2D eigenvalue weighted by Gasteiger charge is -2.34. The van der Waals surface area contributed by atoms with E-state index in [-0.39, 0.29) is 18.0 Å². The summed E-state index contributed by atoms with van der Waals surface area (Å²) in [4.78, 5) is 23.6. The molecule has 9 heteroatoms. The van der Waals surface area contributed by atoms with Gasteiger partial charge < -0.3 is 20.0 Å². The molecule has 110 valence electrons. The number of β-amino-alcohol motifs (C(OH)–C–C–N with tert-alkyl or cyclic N) is 1. The molecule has 0 aliphatic carbocycles. The Morgan fingerprint density at radius 1 is 1.37 bits per heavy atom. The van der Waals surface area contributed by atoms with Crippen LogP contribution < -0.4 is 0 Å². The first-order valence-corrected chi connectivity index (χ1v) is 5.69. The fourth-order valence-corrected chi connectivity index (χ4v) is 1.90. The van der Waals surface area contributed by atoms with E-state index >= 15 is 0 Å². The second-order valence-corrected chi connectivity index (χ2v) is 4.39. The largest absolute Gasteiger partial charge is 0.480 e. The zero-order chi connectivity index (χ0) is 14.6. The lowest BCUT2D eigenvalue weighted by Crippen LogP contribution is -2.52. The highest BCUT2D eigenvalue weighted by Gasteiger charge is 2.36. The van der Waals surface area contributed by atoms with Crippen LogP contribution in [-0.4, -0.2) is 70.5 Å². The van der Waals surface area contributed by atoms with Crippen LogP contribution in [0.15, 0.2) is 0 Å². The number of hydrogen-bond donors (Lipinski definition) is 2. The summed E-state index contributed by atoms with van der Waals surface area (Å²) in [6, 6.07) is -1.02. The highest BCUT2D eigenvalue weighted by molar-refractivity contribution is 5.80. The van der Waals surface area contributed by atoms with Gasteiger partial charge in [-0.15, -0.1) is 0 Å². The summed E-state index contributed by atoms with van der Waals surface area (Å²) in [6.45, 7) is -2.51. The summed E-state index contributed by atoms with van der Waals surface area (Å²) in [7, 11) is 0. The second kappa shape index (κ2) is 6.09. The van der Waals surface area contributed by atoms with Crippen LogP contribution in [-0.2, 0) is 4.79 Å². The van der Waals surface area contributed by atoms with Gasteiger partial charge in [0.25, 0.3) is 0 Å². The predicted octanol–water partition coefficient (Wildman–Crippen LogP) is 0.512. The molecule has 0 aromatic rings. The number of carbonyl (C=O) groups is 2. The Kier molecular flexibility index (Phi) is 4.98. The summed E-state index contributed by atoms with van der Waals surface area (Å²) in [5.41, 5.74) is 0. The van der Waals surface area contributed by atoms with E-state index in [2.05, 4.69) is 0 Å². The Hall–Kier alpha value is -1.51. The van der Waals surface area contributed by atoms with Crippen molar-refractivity contribution in [1.82, 2.24) is 9.80 Å². The number of nitrogens with zero attached hydrogens (tertiary/aromatic N) is 2. The number of likely N-dealkylation sites (tertiary alicyclic amines) is 1. The third-order valence-corrected chi connectivity index (χ3v) is 2.63. The van der Waals surface area contributed by atoms with Gasteiger partial charge in [-0.25, -0.2) is 4.79 Å². The number of aliphatic hydroxyl groups excluding tert-OH is 1. The Morgan fingerprint density at radius 3 is 2.47 bits per heavy atom. The second-order valence-electron chi connectivity index (χ2n) is 4.39. The lowest BCUT2D eigenvalue weighted by molar-refractivity contribution is -0.150. The van der Waals surface area contributed by atoms with E-state index in [1.54, 1.807) is 0 Å². The number of hydrogen-bond acceptors (Lipinski definition) is 3. The van der Waals surface area contributed by atoms with Gasteiger partial charge in [0.1, 0.15) is 13.1 Å². The first kappa shape index (κ1) is 15.5. The molecule has 2 amide bonds. The molecule has 6 nitrogen and oxygen atoms in total. The summed E-state index contributed by atoms with van der Waals surface area (Å²) >= 11 is 0. The molecule has 2 N–H and O–H groups in total. The van der Waals surface area contributed by atoms with Gasteiger partial charge in [-0.2, -0.15) is 13.2 Å². The highest BCUT2D eigenvalue weighted by atomic mass is 19.4. The van der Waals surface area contributed by atoms with Crippen LogP contribution in [0, 0.1) is 0 Å². The Labute approximate surface area is 107 Å². The van der Waals surface area contributed by atoms with E-state index in [0.29, 0.717) is 12.8 Å². The van der Waals surface area contributed by atoms with E-state index in [1.165, 1.54) is 0 Å². The SMILES string of the molecule is O=C(O)CN(CC(F)(F)F)C(=O)N1CCCC(O)C1. The maximum absolute atomic E-state index is 12.3. The molecule has 1 atom stereocenters. The number of carboxylic acids is 1. The van der Waals surface area contributed by atoms with Crippen LogP contribution in [0.2, 0.25) is 0 Å². The van der Waals surface area contributed by atoms with Crippen molar-refractivity contribution in [3.05, 3.63) is 0 Å². The molecule has 1 aliphatic heterocycles. The van der Waals surface area contributed by atoms with Crippen LogP contribution in [0.3, 0.4) is 0 Å². The van der Waals surface area contributed by atoms with Crippen molar-refractivity contribution in [3.63, 3.8) is 0 Å². The fraction of sp³-hybridized carbons (Fsp3) is 0.800. The zero-order valence-corrected chi connectivity index (χ0v) is 10.1. The molecule has 1 heterocycles. The minimum absolute atomic E-state index is 0.0766. The van der Waals surface area contributed by atoms with Crippen molar-refractivity contribution in [2.24, 2.45) is 0 Å². The minimum Gasteiger partial charge on any atom is -0.480 e. The van der Waals surface area contributed by atoms with Crippen LogP contribution in [0.25, 0.3) is 0 Å². The van der Waals surface area contributed by atoms with Gasteiger partial charge in [-0.05, 0) is 12.8 Å². The van der Waals surface area contributed by atoms with E-state index in [4.69, 9.17) is 5.11 Å². The summed E-state index contributed by atoms with van der Waals surface area (Å²) in [5, 5.41) is 17.9.